The molecule has 2 rings (SSSR count). The molecular weight excluding hydrogens is 198 g/mol. The average Bonchev–Trinajstić information content (AvgIpc) is 2.79. The molecule has 0 atom stereocenters. The van der Waals surface area contributed by atoms with E-state index in [0.29, 0.717) is 0 Å². The van der Waals surface area contributed by atoms with E-state index in [0.717, 1.165) is 11.2 Å². The molecule has 0 unspecified atom stereocenters. The van der Waals surface area contributed by atoms with Crippen molar-refractivity contribution >= 4 is 5.52 Å². The molecule has 3 nitrogen and oxygen atoms in total. The van der Waals surface area contributed by atoms with Crippen LogP contribution in [0.2, 0.25) is 0 Å². The number of hydrogen-bond acceptors (Lipinski definition) is 2. The number of aromatic nitrogens is 3. The molecule has 16 heavy (non-hydrogen) atoms. The first-order chi connectivity index (χ1) is 7.77. The summed E-state index contributed by atoms with van der Waals surface area (Å²) in [4.78, 5) is 8.08. The summed E-state index contributed by atoms with van der Waals surface area (Å²) < 4.78 is 1.95. The molecule has 0 fully saturated rings. The second-order valence-corrected chi connectivity index (χ2v) is 3.25. The monoisotopic (exact) mass is 221 g/mol. The summed E-state index contributed by atoms with van der Waals surface area (Å²) in [5, 5.41) is 0. The molecule has 0 spiro atoms. The first kappa shape index (κ1) is 14.6. The van der Waals surface area contributed by atoms with Gasteiger partial charge in [0.05, 0.1) is 29.9 Å². The zero-order valence-corrected chi connectivity index (χ0v) is 11.1. The fourth-order valence-electron chi connectivity index (χ4n) is 0.925. The van der Waals surface area contributed by atoms with Crippen LogP contribution < -0.4 is 0 Å². The van der Waals surface area contributed by atoms with Crippen LogP contribution in [0.1, 0.15) is 46.2 Å². The van der Waals surface area contributed by atoms with E-state index in [-0.39, 0.29) is 0 Å². The van der Waals surface area contributed by atoms with Crippen LogP contribution in [0.4, 0.5) is 0 Å². The highest BCUT2D eigenvalue weighted by atomic mass is 15.0. The molecule has 0 saturated carbocycles. The van der Waals surface area contributed by atoms with Crippen LogP contribution in [0.3, 0.4) is 0 Å². The van der Waals surface area contributed by atoms with Crippen LogP contribution in [0.15, 0.2) is 24.9 Å². The summed E-state index contributed by atoms with van der Waals surface area (Å²) in [5.41, 5.74) is 2.04. The van der Waals surface area contributed by atoms with Crippen molar-refractivity contribution in [1.29, 1.82) is 0 Å². The van der Waals surface area contributed by atoms with E-state index in [9.17, 15) is 0 Å². The van der Waals surface area contributed by atoms with Crippen LogP contribution in [0.5, 0.6) is 0 Å². The Labute approximate surface area is 98.6 Å². The Bertz CT molecular complexity index is 377. The maximum atomic E-state index is 4.12. The van der Waals surface area contributed by atoms with Crippen molar-refractivity contribution in [3.05, 3.63) is 30.6 Å². The predicted molar refractivity (Wildman–Crippen MR) is 69.7 cm³/mol. The summed E-state index contributed by atoms with van der Waals surface area (Å²) in [6, 6.07) is 0. The molecule has 0 aliphatic heterocycles. The smallest absolute Gasteiger partial charge is 0.0993 e. The summed E-state index contributed by atoms with van der Waals surface area (Å²) in [6.07, 6.45) is 9.95. The fraction of sp³-hybridized carbons (Fsp3) is 0.538. The van der Waals surface area contributed by atoms with Gasteiger partial charge in [-0.1, -0.05) is 40.5 Å². The van der Waals surface area contributed by atoms with Crippen LogP contribution in [0, 0.1) is 6.92 Å². The van der Waals surface area contributed by atoms with Crippen LogP contribution in [-0.2, 0) is 0 Å². The number of unbranched alkanes of at least 4 members (excludes halogenated alkanes) is 1. The van der Waals surface area contributed by atoms with Gasteiger partial charge in [-0.3, -0.25) is 4.98 Å². The highest BCUT2D eigenvalue weighted by Gasteiger charge is 1.90. The van der Waals surface area contributed by atoms with Gasteiger partial charge in [0, 0.05) is 6.20 Å². The zero-order valence-electron chi connectivity index (χ0n) is 11.1. The van der Waals surface area contributed by atoms with Crippen molar-refractivity contribution in [2.45, 2.75) is 47.5 Å². The van der Waals surface area contributed by atoms with E-state index in [1.165, 1.54) is 12.8 Å². The molecule has 0 saturated heterocycles. The minimum absolute atomic E-state index is 1.01. The van der Waals surface area contributed by atoms with E-state index in [4.69, 9.17) is 0 Å². The highest BCUT2D eigenvalue weighted by molar-refractivity contribution is 5.41. The summed E-state index contributed by atoms with van der Waals surface area (Å²) in [5.74, 6) is 0. The van der Waals surface area contributed by atoms with Gasteiger partial charge in [0.15, 0.2) is 0 Å². The largest absolute Gasteiger partial charge is 0.303 e. The Morgan fingerprint density at radius 2 is 1.75 bits per heavy atom. The second kappa shape index (κ2) is 8.89. The molecular formula is C13H23N3. The number of fused-ring (bicyclic) bond motifs is 1. The van der Waals surface area contributed by atoms with Crippen LogP contribution in [0.25, 0.3) is 5.52 Å². The number of rotatable bonds is 1. The summed E-state index contributed by atoms with van der Waals surface area (Å²) in [7, 11) is 0. The minimum atomic E-state index is 1.01. The predicted octanol–water partition coefficient (Wildman–Crippen LogP) is 3.87. The lowest BCUT2D eigenvalue weighted by Gasteiger charge is -1.92. The van der Waals surface area contributed by atoms with E-state index < -0.39 is 0 Å². The molecule has 0 radical (unpaired) electrons. The molecule has 2 aromatic heterocycles. The van der Waals surface area contributed by atoms with Crippen LogP contribution in [-0.4, -0.2) is 14.4 Å². The van der Waals surface area contributed by atoms with Gasteiger partial charge in [-0.25, -0.2) is 4.98 Å². The van der Waals surface area contributed by atoms with E-state index in [1.807, 2.05) is 37.6 Å². The Morgan fingerprint density at radius 3 is 2.31 bits per heavy atom. The van der Waals surface area contributed by atoms with Crippen molar-refractivity contribution in [2.24, 2.45) is 0 Å². The lowest BCUT2D eigenvalue weighted by atomic mass is 10.4. The average molecular weight is 221 g/mol. The quantitative estimate of drug-likeness (QED) is 0.731. The normalized spacial score (nSPS) is 8.81. The van der Waals surface area contributed by atoms with Crippen molar-refractivity contribution in [1.82, 2.24) is 14.4 Å². The third-order valence-electron chi connectivity index (χ3n) is 1.92. The Balaban J connectivity index is 0.000000323. The second-order valence-electron chi connectivity index (χ2n) is 3.25. The molecule has 0 aromatic carbocycles. The van der Waals surface area contributed by atoms with Crippen molar-refractivity contribution in [3.63, 3.8) is 0 Å². The zero-order chi connectivity index (χ0) is 12.4. The SMILES string of the molecule is CC.CCCC.Cc1cn2cncc2cn1. The first-order valence-corrected chi connectivity index (χ1v) is 6.02. The number of aryl methyl sites for hydroxylation is 1. The van der Waals surface area contributed by atoms with Gasteiger partial charge in [0.2, 0.25) is 0 Å². The third kappa shape index (κ3) is 4.91. The molecule has 2 heterocycles. The van der Waals surface area contributed by atoms with Gasteiger partial charge in [-0.2, -0.15) is 0 Å². The van der Waals surface area contributed by atoms with Gasteiger partial charge in [0.25, 0.3) is 0 Å². The van der Waals surface area contributed by atoms with Crippen LogP contribution >= 0.6 is 0 Å². The van der Waals surface area contributed by atoms with Gasteiger partial charge in [-0.05, 0) is 6.92 Å². The van der Waals surface area contributed by atoms with E-state index in [1.54, 1.807) is 12.5 Å². The van der Waals surface area contributed by atoms with E-state index in [2.05, 4.69) is 23.8 Å². The Kier molecular flexibility index (Phi) is 8.12. The van der Waals surface area contributed by atoms with Gasteiger partial charge in [-0.15, -0.1) is 0 Å². The fourth-order valence-corrected chi connectivity index (χ4v) is 0.925. The minimum Gasteiger partial charge on any atom is -0.303 e. The summed E-state index contributed by atoms with van der Waals surface area (Å²) in [6.45, 7) is 10.3. The maximum Gasteiger partial charge on any atom is 0.0993 e. The molecule has 3 heteroatoms. The molecule has 0 aliphatic rings. The molecule has 0 N–H and O–H groups in total. The lowest BCUT2D eigenvalue weighted by molar-refractivity contribution is 0.886. The molecule has 90 valence electrons. The summed E-state index contributed by atoms with van der Waals surface area (Å²) >= 11 is 0. The first-order valence-electron chi connectivity index (χ1n) is 6.02. The van der Waals surface area contributed by atoms with E-state index >= 15 is 0 Å². The molecule has 0 amide bonds. The van der Waals surface area contributed by atoms with Gasteiger partial charge in [0.1, 0.15) is 0 Å². The maximum absolute atomic E-state index is 4.12. The van der Waals surface area contributed by atoms with Crippen molar-refractivity contribution in [2.75, 3.05) is 0 Å². The van der Waals surface area contributed by atoms with Crippen molar-refractivity contribution in [3.8, 4) is 0 Å². The van der Waals surface area contributed by atoms with Gasteiger partial charge >= 0.3 is 0 Å². The third-order valence-corrected chi connectivity index (χ3v) is 1.92. The Morgan fingerprint density at radius 1 is 1.12 bits per heavy atom. The number of nitrogens with zero attached hydrogens (tertiary/aromatic N) is 3. The molecule has 0 bridgehead atoms. The topological polar surface area (TPSA) is 30.2 Å². The molecule has 0 aliphatic carbocycles. The number of hydrogen-bond donors (Lipinski definition) is 0. The van der Waals surface area contributed by atoms with Crippen molar-refractivity contribution < 1.29 is 0 Å². The lowest BCUT2D eigenvalue weighted by Crippen LogP contribution is -1.86. The molecule has 2 aromatic rings. The highest BCUT2D eigenvalue weighted by Crippen LogP contribution is 1.99. The standard InChI is InChI=1S/C7H7N3.C4H10.C2H6/c1-6-4-10-5-8-2-7(10)3-9-6;1-3-4-2;1-2/h2-5H,1H3;3-4H2,1-2H3;1-2H3. The van der Waals surface area contributed by atoms with Gasteiger partial charge < -0.3 is 4.40 Å². The number of imidazole rings is 1. The Hall–Kier alpha value is -1.38.